The molecule has 0 spiro atoms. The minimum atomic E-state index is -4.17. The number of amides is 2. The smallest absolute Gasteiger partial charge is 1.00 e. The molecule has 2 aliphatic carbocycles. The summed E-state index contributed by atoms with van der Waals surface area (Å²) in [6, 6.07) is 2.86. The van der Waals surface area contributed by atoms with Gasteiger partial charge in [0, 0.05) is 38.2 Å². The number of anilines is 2. The van der Waals surface area contributed by atoms with Crippen LogP contribution >= 0.6 is 0 Å². The number of nitrogens with zero attached hydrogens (tertiary/aromatic N) is 3. The van der Waals surface area contributed by atoms with Crippen molar-refractivity contribution in [1.82, 2.24) is 14.5 Å². The van der Waals surface area contributed by atoms with E-state index in [1.807, 2.05) is 0 Å². The third-order valence-electron chi connectivity index (χ3n) is 6.64. The molecule has 11 heteroatoms. The van der Waals surface area contributed by atoms with Crippen LogP contribution in [-0.4, -0.2) is 43.5 Å². The predicted octanol–water partition coefficient (Wildman–Crippen LogP) is -0.434. The zero-order chi connectivity index (χ0) is 22.3. The Bertz CT molecular complexity index is 1120. The van der Waals surface area contributed by atoms with Crippen molar-refractivity contribution in [3.8, 4) is 0 Å². The van der Waals surface area contributed by atoms with E-state index in [-0.39, 0.29) is 37.0 Å². The van der Waals surface area contributed by atoms with Crippen LogP contribution in [0.15, 0.2) is 18.3 Å². The number of rotatable bonds is 5. The molecule has 0 atom stereocenters. The van der Waals surface area contributed by atoms with Gasteiger partial charge >= 0.3 is 45.8 Å². The van der Waals surface area contributed by atoms with Gasteiger partial charge in [-0.15, -0.1) is 0 Å². The molecule has 2 heterocycles. The van der Waals surface area contributed by atoms with Gasteiger partial charge < -0.3 is 11.5 Å². The van der Waals surface area contributed by atoms with Crippen molar-refractivity contribution in [2.45, 2.75) is 57.4 Å². The van der Waals surface area contributed by atoms with Crippen LogP contribution in [-0.2, 0) is 47.7 Å². The number of carbonyl (C=O) groups is 1. The number of aromatic nitrogens is 2. The molecule has 1 aromatic heterocycles. The van der Waals surface area contributed by atoms with Gasteiger partial charge in [-0.3, -0.25) is 4.68 Å². The second-order valence-electron chi connectivity index (χ2n) is 8.78. The summed E-state index contributed by atoms with van der Waals surface area (Å²) in [5, 5.41) is 7.20. The molecule has 1 saturated heterocycles. The van der Waals surface area contributed by atoms with Crippen LogP contribution in [0.5, 0.6) is 0 Å². The molecule has 9 nitrogen and oxygen atoms in total. The number of benzene rings is 1. The Kier molecular flexibility index (Phi) is 7.40. The minimum Gasteiger partial charge on any atom is -1.00 e. The normalized spacial score (nSPS) is 17.7. The first-order valence-electron chi connectivity index (χ1n) is 11.3. The molecule has 1 aliphatic heterocycles. The first kappa shape index (κ1) is 24.5. The maximum Gasteiger partial charge on any atom is 1.00 e. The Morgan fingerprint density at radius 1 is 1.15 bits per heavy atom. The van der Waals surface area contributed by atoms with Crippen molar-refractivity contribution < 1.29 is 48.9 Å². The average Bonchev–Trinajstić information content (AvgIpc) is 3.49. The molecule has 2 aromatic rings. The molecule has 5 rings (SSSR count). The Morgan fingerprint density at radius 3 is 2.36 bits per heavy atom. The minimum absolute atomic E-state index is 0. The van der Waals surface area contributed by atoms with Crippen molar-refractivity contribution in [3.05, 3.63) is 40.6 Å². The predicted molar refractivity (Wildman–Crippen MR) is 122 cm³/mol. The summed E-state index contributed by atoms with van der Waals surface area (Å²) >= 11 is 0. The van der Waals surface area contributed by atoms with E-state index in [1.165, 1.54) is 15.4 Å². The van der Waals surface area contributed by atoms with Crippen LogP contribution in [0, 0.1) is 0 Å². The van der Waals surface area contributed by atoms with Gasteiger partial charge in [-0.2, -0.15) is 13.5 Å². The van der Waals surface area contributed by atoms with Crippen LogP contribution in [0.25, 0.3) is 0 Å². The largest absolute Gasteiger partial charge is 1.00 e. The molecule has 174 valence electrons. The molecule has 33 heavy (non-hydrogen) atoms. The fourth-order valence-corrected chi connectivity index (χ4v) is 6.55. The second-order valence-corrected chi connectivity index (χ2v) is 10.3. The van der Waals surface area contributed by atoms with Crippen molar-refractivity contribution in [2.24, 2.45) is 7.05 Å². The van der Waals surface area contributed by atoms with Gasteiger partial charge in [0.1, 0.15) is 0 Å². The van der Waals surface area contributed by atoms with Gasteiger partial charge in [-0.25, -0.2) is 13.8 Å². The standard InChI is InChI=1S/C22H29N5O4S.Na.H/c1-26-11-8-20(24-26)27(17-9-12-31-13-10-17)32(29,30)25-22(28)23-21-18-6-2-4-15(18)14-16-5-3-7-19(16)21;;/h8,11,14,17H,2-7,9-10,12-13H2,1H3,(H2,23,25,28);;/q;+1;-1. The number of hydrogen-bond acceptors (Lipinski definition) is 5. The molecular formula is C22H30N5NaO4S. The van der Waals surface area contributed by atoms with Crippen LogP contribution < -0.4 is 43.9 Å². The van der Waals surface area contributed by atoms with E-state index in [2.05, 4.69) is 21.2 Å². The van der Waals surface area contributed by atoms with Crippen LogP contribution in [0.3, 0.4) is 0 Å². The molecule has 1 aromatic carbocycles. The van der Waals surface area contributed by atoms with E-state index in [0.717, 1.165) is 55.3 Å². The Labute approximate surface area is 218 Å². The molecule has 2 amide bonds. The molecule has 0 bridgehead atoms. The van der Waals surface area contributed by atoms with Gasteiger partial charge in [0.25, 0.3) is 0 Å². The summed E-state index contributed by atoms with van der Waals surface area (Å²) in [4.78, 5) is 13.0. The fraction of sp³-hybridized carbons (Fsp3) is 0.545. The Balaban J connectivity index is 0.00000162. The topological polar surface area (TPSA) is 106 Å². The Morgan fingerprint density at radius 2 is 1.79 bits per heavy atom. The second kappa shape index (κ2) is 9.95. The van der Waals surface area contributed by atoms with Gasteiger partial charge in [0.2, 0.25) is 0 Å². The molecule has 0 unspecified atom stereocenters. The first-order chi connectivity index (χ1) is 15.4. The van der Waals surface area contributed by atoms with Gasteiger partial charge in [0.15, 0.2) is 5.82 Å². The summed E-state index contributed by atoms with van der Waals surface area (Å²) in [6.45, 7) is 0.940. The third-order valence-corrected chi connectivity index (χ3v) is 8.09. The van der Waals surface area contributed by atoms with Gasteiger partial charge in [-0.1, -0.05) is 6.07 Å². The fourth-order valence-electron chi connectivity index (χ4n) is 5.22. The maximum atomic E-state index is 13.4. The van der Waals surface area contributed by atoms with Gasteiger partial charge in [-0.05, 0) is 73.6 Å². The van der Waals surface area contributed by atoms with Crippen molar-refractivity contribution >= 4 is 27.7 Å². The maximum absolute atomic E-state index is 13.4. The van der Waals surface area contributed by atoms with E-state index in [0.29, 0.717) is 31.9 Å². The zero-order valence-electron chi connectivity index (χ0n) is 20.3. The number of fused-ring (bicyclic) bond motifs is 2. The monoisotopic (exact) mass is 483 g/mol. The quantitative estimate of drug-likeness (QED) is 0.562. The number of carbonyl (C=O) groups excluding carboxylic acids is 1. The van der Waals surface area contributed by atoms with E-state index in [9.17, 15) is 13.2 Å². The number of nitrogens with one attached hydrogen (secondary N) is 2. The zero-order valence-corrected chi connectivity index (χ0v) is 22.1. The van der Waals surface area contributed by atoms with E-state index in [4.69, 9.17) is 4.74 Å². The molecule has 3 aliphatic rings. The average molecular weight is 484 g/mol. The molecular weight excluding hydrogens is 453 g/mol. The summed E-state index contributed by atoms with van der Waals surface area (Å²) in [7, 11) is -2.44. The molecule has 0 radical (unpaired) electrons. The van der Waals surface area contributed by atoms with Crippen LogP contribution in [0.1, 0.15) is 49.4 Å². The van der Waals surface area contributed by atoms with Crippen LogP contribution in [0.4, 0.5) is 16.3 Å². The SMILES string of the molecule is Cn1ccc(N(C2CCOCC2)S(=O)(=O)NC(=O)Nc2c3c(cc4c2CCC4)CCC3)n1.[H-].[Na+]. The van der Waals surface area contributed by atoms with Crippen molar-refractivity contribution in [1.29, 1.82) is 0 Å². The third kappa shape index (κ3) is 4.95. The number of urea groups is 1. The van der Waals surface area contributed by atoms with E-state index < -0.39 is 16.2 Å². The molecule has 2 N–H and O–H groups in total. The molecule has 0 saturated carbocycles. The number of ether oxygens (including phenoxy) is 1. The summed E-state index contributed by atoms with van der Waals surface area (Å²) in [6.07, 6.45) is 8.72. The summed E-state index contributed by atoms with van der Waals surface area (Å²) < 4.78 is 37.2. The van der Waals surface area contributed by atoms with E-state index in [1.54, 1.807) is 24.0 Å². The van der Waals surface area contributed by atoms with Crippen molar-refractivity contribution in [2.75, 3.05) is 22.8 Å². The summed E-state index contributed by atoms with van der Waals surface area (Å²) in [5.74, 6) is 0.293. The first-order valence-corrected chi connectivity index (χ1v) is 12.7. The van der Waals surface area contributed by atoms with Crippen molar-refractivity contribution in [3.63, 3.8) is 0 Å². The summed E-state index contributed by atoms with van der Waals surface area (Å²) in [5.41, 5.74) is 5.69. The number of aryl methyl sites for hydroxylation is 3. The molecule has 1 fully saturated rings. The Hall–Kier alpha value is -1.59. The van der Waals surface area contributed by atoms with Crippen LogP contribution in [0.2, 0.25) is 0 Å². The van der Waals surface area contributed by atoms with Gasteiger partial charge in [0.05, 0.1) is 6.04 Å². The van der Waals surface area contributed by atoms with E-state index >= 15 is 0 Å². The number of hydrogen-bond donors (Lipinski definition) is 2.